The van der Waals surface area contributed by atoms with E-state index in [1.54, 1.807) is 6.92 Å². The summed E-state index contributed by atoms with van der Waals surface area (Å²) in [7, 11) is -2.23. The minimum atomic E-state index is -3.53. The first-order chi connectivity index (χ1) is 10.7. The Labute approximate surface area is 138 Å². The van der Waals surface area contributed by atoms with E-state index < -0.39 is 20.1 Å². The third-order valence-corrected chi connectivity index (χ3v) is 4.63. The van der Waals surface area contributed by atoms with Crippen LogP contribution in [0.1, 0.15) is 33.3 Å². The summed E-state index contributed by atoms with van der Waals surface area (Å²) in [6.07, 6.45) is -1.11. The highest BCUT2D eigenvalue weighted by Gasteiger charge is 2.29. The van der Waals surface area contributed by atoms with Crippen LogP contribution in [-0.4, -0.2) is 31.2 Å². The van der Waals surface area contributed by atoms with Crippen LogP contribution in [-0.2, 0) is 25.0 Å². The largest absolute Gasteiger partial charge is 0.405 e. The summed E-state index contributed by atoms with van der Waals surface area (Å²) in [5.74, 6) is 0. The lowest BCUT2D eigenvalue weighted by molar-refractivity contribution is -0.131. The molecule has 0 saturated carbocycles. The number of rotatable bonds is 9. The maximum atomic E-state index is 12.5. The van der Waals surface area contributed by atoms with E-state index in [0.717, 1.165) is 5.56 Å². The molecule has 2 unspecified atom stereocenters. The molecule has 0 aliphatic carbocycles. The van der Waals surface area contributed by atoms with Gasteiger partial charge in [-0.2, -0.15) is 0 Å². The normalized spacial score (nSPS) is 17.5. The number of ether oxygens (including phenoxy) is 1. The standard InChI is InChI=1S/C16H28NO5P/c1-13(15(18)21-12-16(2,3)4)17-23(19,20-5)22-11-14-9-7-6-8-10-14/h6-10,13,15,18H,11-12H2,1-5H3,(H,17,19)/t13-,15?,23?/m0/s1. The molecule has 2 N–H and O–H groups in total. The van der Waals surface area contributed by atoms with Crippen LogP contribution in [0.2, 0.25) is 0 Å². The second-order valence-electron chi connectivity index (χ2n) is 6.62. The van der Waals surface area contributed by atoms with Gasteiger partial charge in [0.05, 0.1) is 19.3 Å². The summed E-state index contributed by atoms with van der Waals surface area (Å²) < 4.78 is 28.3. The molecule has 23 heavy (non-hydrogen) atoms. The molecule has 6 nitrogen and oxygen atoms in total. The molecule has 0 aromatic heterocycles. The van der Waals surface area contributed by atoms with Crippen molar-refractivity contribution in [3.05, 3.63) is 35.9 Å². The second kappa shape index (κ2) is 8.92. The highest BCUT2D eigenvalue weighted by Crippen LogP contribution is 2.44. The van der Waals surface area contributed by atoms with Gasteiger partial charge in [-0.1, -0.05) is 51.1 Å². The van der Waals surface area contributed by atoms with Gasteiger partial charge in [-0.15, -0.1) is 0 Å². The number of benzene rings is 1. The fourth-order valence-corrected chi connectivity index (χ4v) is 2.90. The minimum Gasteiger partial charge on any atom is -0.367 e. The van der Waals surface area contributed by atoms with Gasteiger partial charge in [0.15, 0.2) is 6.29 Å². The molecule has 1 aromatic rings. The van der Waals surface area contributed by atoms with E-state index >= 15 is 0 Å². The predicted octanol–water partition coefficient (Wildman–Crippen LogP) is 3.32. The molecule has 1 rings (SSSR count). The Bertz CT molecular complexity index is 503. The Morgan fingerprint density at radius 1 is 1.26 bits per heavy atom. The topological polar surface area (TPSA) is 77.0 Å². The number of aliphatic hydroxyl groups excluding tert-OH is 1. The number of hydrogen-bond acceptors (Lipinski definition) is 5. The van der Waals surface area contributed by atoms with Crippen molar-refractivity contribution in [1.29, 1.82) is 0 Å². The smallest absolute Gasteiger partial charge is 0.367 e. The first kappa shape index (κ1) is 20.3. The van der Waals surface area contributed by atoms with Crippen LogP contribution in [0, 0.1) is 5.41 Å². The molecule has 0 heterocycles. The monoisotopic (exact) mass is 345 g/mol. The van der Waals surface area contributed by atoms with E-state index in [0.29, 0.717) is 6.61 Å². The van der Waals surface area contributed by atoms with Crippen molar-refractivity contribution in [2.24, 2.45) is 5.41 Å². The lowest BCUT2D eigenvalue weighted by Crippen LogP contribution is -2.39. The predicted molar refractivity (Wildman–Crippen MR) is 89.9 cm³/mol. The SMILES string of the molecule is COP(=O)(N[C@@H](C)C(O)OCC(C)(C)C)OCc1ccccc1. The third kappa shape index (κ3) is 8.06. The Morgan fingerprint density at radius 2 is 1.87 bits per heavy atom. The first-order valence-corrected chi connectivity index (χ1v) is 9.11. The van der Waals surface area contributed by atoms with Crippen LogP contribution in [0.15, 0.2) is 30.3 Å². The van der Waals surface area contributed by atoms with Gasteiger partial charge < -0.3 is 14.4 Å². The van der Waals surface area contributed by atoms with Crippen LogP contribution in [0.25, 0.3) is 0 Å². The van der Waals surface area contributed by atoms with Crippen molar-refractivity contribution in [1.82, 2.24) is 5.09 Å². The van der Waals surface area contributed by atoms with E-state index in [-0.39, 0.29) is 12.0 Å². The highest BCUT2D eigenvalue weighted by atomic mass is 31.2. The van der Waals surface area contributed by atoms with E-state index in [4.69, 9.17) is 13.8 Å². The van der Waals surface area contributed by atoms with Crippen LogP contribution >= 0.6 is 7.75 Å². The summed E-state index contributed by atoms with van der Waals surface area (Å²) in [5, 5.41) is 12.7. The van der Waals surface area contributed by atoms with Crippen molar-refractivity contribution in [3.63, 3.8) is 0 Å². The van der Waals surface area contributed by atoms with Gasteiger partial charge in [0.2, 0.25) is 0 Å². The average Bonchev–Trinajstić information content (AvgIpc) is 2.51. The highest BCUT2D eigenvalue weighted by molar-refractivity contribution is 7.51. The van der Waals surface area contributed by atoms with Gasteiger partial charge in [0, 0.05) is 7.11 Å². The average molecular weight is 345 g/mol. The molecule has 0 aliphatic rings. The van der Waals surface area contributed by atoms with Crippen LogP contribution in [0.5, 0.6) is 0 Å². The molecule has 0 aliphatic heterocycles. The van der Waals surface area contributed by atoms with Crippen molar-refractivity contribution in [2.75, 3.05) is 13.7 Å². The van der Waals surface area contributed by atoms with Gasteiger partial charge in [-0.3, -0.25) is 4.52 Å². The molecule has 0 amide bonds. The number of nitrogens with one attached hydrogen (secondary N) is 1. The lowest BCUT2D eigenvalue weighted by atomic mass is 9.99. The Morgan fingerprint density at radius 3 is 2.39 bits per heavy atom. The van der Waals surface area contributed by atoms with Gasteiger partial charge in [-0.25, -0.2) is 9.65 Å². The zero-order valence-electron chi connectivity index (χ0n) is 14.5. The Hall–Kier alpha value is -0.750. The quantitative estimate of drug-likeness (QED) is 0.528. The molecular weight excluding hydrogens is 317 g/mol. The van der Waals surface area contributed by atoms with Crippen molar-refractivity contribution < 1.29 is 23.5 Å². The first-order valence-electron chi connectivity index (χ1n) is 7.57. The Balaban J connectivity index is 2.54. The van der Waals surface area contributed by atoms with E-state index in [1.807, 2.05) is 51.1 Å². The molecule has 7 heteroatoms. The van der Waals surface area contributed by atoms with Crippen LogP contribution in [0.4, 0.5) is 0 Å². The minimum absolute atomic E-state index is 0.0739. The molecular formula is C16H28NO5P. The molecule has 0 bridgehead atoms. The molecule has 132 valence electrons. The van der Waals surface area contributed by atoms with Gasteiger partial charge in [0.1, 0.15) is 0 Å². The van der Waals surface area contributed by atoms with Crippen molar-refractivity contribution in [2.45, 2.75) is 46.6 Å². The molecule has 0 radical (unpaired) electrons. The molecule has 3 atom stereocenters. The number of hydrogen-bond donors (Lipinski definition) is 2. The van der Waals surface area contributed by atoms with E-state index in [2.05, 4.69) is 5.09 Å². The summed E-state index contributed by atoms with van der Waals surface area (Å²) in [5.41, 5.74) is 0.805. The fourth-order valence-electron chi connectivity index (χ4n) is 1.67. The van der Waals surface area contributed by atoms with Crippen molar-refractivity contribution >= 4 is 7.75 Å². The van der Waals surface area contributed by atoms with Crippen molar-refractivity contribution in [3.8, 4) is 0 Å². The van der Waals surface area contributed by atoms with Gasteiger partial charge in [-0.05, 0) is 17.9 Å². The zero-order valence-corrected chi connectivity index (χ0v) is 15.4. The van der Waals surface area contributed by atoms with Crippen LogP contribution in [0.3, 0.4) is 0 Å². The van der Waals surface area contributed by atoms with Crippen LogP contribution < -0.4 is 5.09 Å². The third-order valence-electron chi connectivity index (χ3n) is 2.96. The maximum absolute atomic E-state index is 12.5. The molecule has 0 spiro atoms. The molecule has 0 fully saturated rings. The molecule has 0 saturated heterocycles. The zero-order chi connectivity index (χ0) is 17.5. The van der Waals surface area contributed by atoms with E-state index in [1.165, 1.54) is 7.11 Å². The van der Waals surface area contributed by atoms with Gasteiger partial charge in [0.25, 0.3) is 0 Å². The molecule has 1 aromatic carbocycles. The number of aliphatic hydroxyl groups is 1. The maximum Gasteiger partial charge on any atom is 0.405 e. The fraction of sp³-hybridized carbons (Fsp3) is 0.625. The lowest BCUT2D eigenvalue weighted by Gasteiger charge is -2.27. The summed E-state index contributed by atoms with van der Waals surface area (Å²) >= 11 is 0. The summed E-state index contributed by atoms with van der Waals surface area (Å²) in [6, 6.07) is 8.75. The Kier molecular flexibility index (Phi) is 7.87. The van der Waals surface area contributed by atoms with E-state index in [9.17, 15) is 9.67 Å². The second-order valence-corrected chi connectivity index (χ2v) is 8.50. The summed E-state index contributed by atoms with van der Waals surface area (Å²) in [4.78, 5) is 0. The summed E-state index contributed by atoms with van der Waals surface area (Å²) in [6.45, 7) is 8.18. The van der Waals surface area contributed by atoms with Gasteiger partial charge >= 0.3 is 7.75 Å².